The number of rotatable bonds is 6. The number of amides is 2. The van der Waals surface area contributed by atoms with Crippen LogP contribution in [0.4, 0.5) is 0 Å². The van der Waals surface area contributed by atoms with E-state index in [2.05, 4.69) is 19.2 Å². The van der Waals surface area contributed by atoms with E-state index in [1.54, 1.807) is 11.8 Å². The Morgan fingerprint density at radius 1 is 1.19 bits per heavy atom. The molecule has 2 aromatic rings. The molecule has 27 heavy (non-hydrogen) atoms. The van der Waals surface area contributed by atoms with Gasteiger partial charge in [-0.1, -0.05) is 49.7 Å². The monoisotopic (exact) mass is 402 g/mol. The van der Waals surface area contributed by atoms with Crippen LogP contribution in [0.1, 0.15) is 40.7 Å². The van der Waals surface area contributed by atoms with Crippen molar-refractivity contribution in [2.24, 2.45) is 5.92 Å². The summed E-state index contributed by atoms with van der Waals surface area (Å²) >= 11 is 7.56. The standard InChI is InChI=1S/C21H23ClN2O2S/c1-14(2)11-23-20(26)16-5-7-17(8-6-16)21-24(19(25)13-27-21)12-15-3-9-18(22)10-4-15/h3-10,14,21H,11-13H2,1-2H3,(H,23,26)/t21-/m1/s1. The number of nitrogens with zero attached hydrogens (tertiary/aromatic N) is 1. The maximum absolute atomic E-state index is 12.4. The average molecular weight is 403 g/mol. The van der Waals surface area contributed by atoms with Crippen LogP contribution in [0.2, 0.25) is 5.02 Å². The van der Waals surface area contributed by atoms with Crippen molar-refractivity contribution in [3.63, 3.8) is 0 Å². The van der Waals surface area contributed by atoms with E-state index in [0.717, 1.165) is 11.1 Å². The Balaban J connectivity index is 1.71. The summed E-state index contributed by atoms with van der Waals surface area (Å²) in [5.74, 6) is 0.937. The fourth-order valence-corrected chi connectivity index (χ4v) is 4.20. The molecule has 1 atom stereocenters. The van der Waals surface area contributed by atoms with Gasteiger partial charge < -0.3 is 10.2 Å². The Morgan fingerprint density at radius 3 is 2.48 bits per heavy atom. The second-order valence-electron chi connectivity index (χ2n) is 7.04. The van der Waals surface area contributed by atoms with Crippen molar-refractivity contribution in [3.8, 4) is 0 Å². The molecule has 0 saturated carbocycles. The van der Waals surface area contributed by atoms with Gasteiger partial charge >= 0.3 is 0 Å². The van der Waals surface area contributed by atoms with E-state index in [9.17, 15) is 9.59 Å². The van der Waals surface area contributed by atoms with Gasteiger partial charge in [0.1, 0.15) is 5.37 Å². The molecular formula is C21H23ClN2O2S. The minimum Gasteiger partial charge on any atom is -0.352 e. The lowest BCUT2D eigenvalue weighted by Crippen LogP contribution is -2.28. The van der Waals surface area contributed by atoms with Crippen LogP contribution in [0.25, 0.3) is 0 Å². The molecule has 0 radical (unpaired) electrons. The third kappa shape index (κ3) is 5.05. The van der Waals surface area contributed by atoms with Crippen molar-refractivity contribution in [1.29, 1.82) is 0 Å². The smallest absolute Gasteiger partial charge is 0.251 e. The summed E-state index contributed by atoms with van der Waals surface area (Å²) in [6, 6.07) is 15.1. The quantitative estimate of drug-likeness (QED) is 0.773. The number of carbonyl (C=O) groups is 2. The van der Waals surface area contributed by atoms with E-state index in [0.29, 0.717) is 35.3 Å². The lowest BCUT2D eigenvalue weighted by atomic mass is 10.1. The van der Waals surface area contributed by atoms with Gasteiger partial charge in [0, 0.05) is 23.7 Å². The summed E-state index contributed by atoms with van der Waals surface area (Å²) < 4.78 is 0. The second-order valence-corrected chi connectivity index (χ2v) is 8.54. The molecule has 0 bridgehead atoms. The second kappa shape index (κ2) is 8.81. The summed E-state index contributed by atoms with van der Waals surface area (Å²) in [4.78, 5) is 26.4. The summed E-state index contributed by atoms with van der Waals surface area (Å²) in [5.41, 5.74) is 2.71. The molecule has 1 N–H and O–H groups in total. The van der Waals surface area contributed by atoms with E-state index in [4.69, 9.17) is 11.6 Å². The molecule has 4 nitrogen and oxygen atoms in total. The van der Waals surface area contributed by atoms with Crippen molar-refractivity contribution < 1.29 is 9.59 Å². The van der Waals surface area contributed by atoms with Gasteiger partial charge in [0.15, 0.2) is 0 Å². The zero-order chi connectivity index (χ0) is 19.4. The summed E-state index contributed by atoms with van der Waals surface area (Å²) in [6.07, 6.45) is 0. The molecule has 1 aliphatic heterocycles. The van der Waals surface area contributed by atoms with Gasteiger partial charge in [0.05, 0.1) is 5.75 Å². The first-order valence-electron chi connectivity index (χ1n) is 8.97. The van der Waals surface area contributed by atoms with E-state index in [1.165, 1.54) is 0 Å². The molecule has 1 fully saturated rings. The molecule has 0 unspecified atom stereocenters. The van der Waals surface area contributed by atoms with Crippen molar-refractivity contribution in [1.82, 2.24) is 10.2 Å². The van der Waals surface area contributed by atoms with Crippen molar-refractivity contribution in [2.45, 2.75) is 25.8 Å². The Bertz CT molecular complexity index is 806. The van der Waals surface area contributed by atoms with Gasteiger partial charge in [-0.05, 0) is 41.3 Å². The van der Waals surface area contributed by atoms with E-state index < -0.39 is 0 Å². The predicted molar refractivity (Wildman–Crippen MR) is 111 cm³/mol. The van der Waals surface area contributed by atoms with E-state index in [-0.39, 0.29) is 17.2 Å². The molecule has 0 spiro atoms. The van der Waals surface area contributed by atoms with Gasteiger partial charge in [-0.25, -0.2) is 0 Å². The average Bonchev–Trinajstić information content (AvgIpc) is 3.02. The van der Waals surface area contributed by atoms with Crippen LogP contribution in [0.15, 0.2) is 48.5 Å². The SMILES string of the molecule is CC(C)CNC(=O)c1ccc([C@H]2SCC(=O)N2Cc2ccc(Cl)cc2)cc1. The van der Waals surface area contributed by atoms with E-state index in [1.807, 2.05) is 53.4 Å². The normalized spacial score (nSPS) is 16.8. The van der Waals surface area contributed by atoms with Crippen molar-refractivity contribution in [2.75, 3.05) is 12.3 Å². The maximum atomic E-state index is 12.4. The molecule has 2 amide bonds. The highest BCUT2D eigenvalue weighted by Crippen LogP contribution is 2.39. The van der Waals surface area contributed by atoms with Crippen LogP contribution in [-0.2, 0) is 11.3 Å². The number of hydrogen-bond acceptors (Lipinski definition) is 3. The fraction of sp³-hybridized carbons (Fsp3) is 0.333. The maximum Gasteiger partial charge on any atom is 0.251 e. The topological polar surface area (TPSA) is 49.4 Å². The lowest BCUT2D eigenvalue weighted by molar-refractivity contribution is -0.128. The number of carbonyl (C=O) groups excluding carboxylic acids is 2. The number of halogens is 1. The molecule has 6 heteroatoms. The van der Waals surface area contributed by atoms with Gasteiger partial charge in [0.25, 0.3) is 5.91 Å². The first-order chi connectivity index (χ1) is 12.9. The van der Waals surface area contributed by atoms with Crippen LogP contribution in [0.3, 0.4) is 0 Å². The molecular weight excluding hydrogens is 380 g/mol. The summed E-state index contributed by atoms with van der Waals surface area (Å²) in [7, 11) is 0. The van der Waals surface area contributed by atoms with Crippen LogP contribution in [0, 0.1) is 5.92 Å². The van der Waals surface area contributed by atoms with Gasteiger partial charge in [-0.3, -0.25) is 9.59 Å². The number of benzene rings is 2. The third-order valence-electron chi connectivity index (χ3n) is 4.36. The van der Waals surface area contributed by atoms with Crippen molar-refractivity contribution >= 4 is 35.2 Å². The zero-order valence-corrected chi connectivity index (χ0v) is 17.0. The van der Waals surface area contributed by atoms with Crippen LogP contribution < -0.4 is 5.32 Å². The lowest BCUT2D eigenvalue weighted by Gasteiger charge is -2.24. The minimum absolute atomic E-state index is 0.0408. The molecule has 1 saturated heterocycles. The third-order valence-corrected chi connectivity index (χ3v) is 5.87. The largest absolute Gasteiger partial charge is 0.352 e. The number of nitrogens with one attached hydrogen (secondary N) is 1. The molecule has 0 aliphatic carbocycles. The van der Waals surface area contributed by atoms with Crippen LogP contribution >= 0.6 is 23.4 Å². The van der Waals surface area contributed by atoms with E-state index >= 15 is 0 Å². The zero-order valence-electron chi connectivity index (χ0n) is 15.4. The molecule has 2 aromatic carbocycles. The Hall–Kier alpha value is -1.98. The van der Waals surface area contributed by atoms with Crippen LogP contribution in [0.5, 0.6) is 0 Å². The fourth-order valence-electron chi connectivity index (χ4n) is 2.89. The first kappa shape index (κ1) is 19.8. The molecule has 3 rings (SSSR count). The van der Waals surface area contributed by atoms with Gasteiger partial charge in [-0.15, -0.1) is 11.8 Å². The number of thioether (sulfide) groups is 1. The van der Waals surface area contributed by atoms with Gasteiger partial charge in [0.2, 0.25) is 5.91 Å². The highest BCUT2D eigenvalue weighted by Gasteiger charge is 2.32. The Kier molecular flexibility index (Phi) is 6.45. The molecule has 1 aliphatic rings. The van der Waals surface area contributed by atoms with Gasteiger partial charge in [-0.2, -0.15) is 0 Å². The predicted octanol–water partition coefficient (Wildman–Crippen LogP) is 4.50. The summed E-state index contributed by atoms with van der Waals surface area (Å²) in [6.45, 7) is 5.33. The minimum atomic E-state index is -0.0663. The highest BCUT2D eigenvalue weighted by atomic mass is 35.5. The number of hydrogen-bond donors (Lipinski definition) is 1. The van der Waals surface area contributed by atoms with Crippen molar-refractivity contribution in [3.05, 3.63) is 70.2 Å². The molecule has 1 heterocycles. The Labute approximate surface area is 169 Å². The first-order valence-corrected chi connectivity index (χ1v) is 10.4. The van der Waals surface area contributed by atoms with Crippen LogP contribution in [-0.4, -0.2) is 29.0 Å². The Morgan fingerprint density at radius 2 is 1.85 bits per heavy atom. The highest BCUT2D eigenvalue weighted by molar-refractivity contribution is 8.00. The molecule has 0 aromatic heterocycles. The molecule has 142 valence electrons. The summed E-state index contributed by atoms with van der Waals surface area (Å²) in [5, 5.41) is 3.56.